The first-order valence-electron chi connectivity index (χ1n) is 6.86. The molecule has 102 valence electrons. The van der Waals surface area contributed by atoms with Crippen LogP contribution in [0.1, 0.15) is 28.6 Å². The van der Waals surface area contributed by atoms with Crippen LogP contribution in [0.2, 0.25) is 0 Å². The summed E-state index contributed by atoms with van der Waals surface area (Å²) in [7, 11) is 0. The number of aryl methyl sites for hydroxylation is 2. The van der Waals surface area contributed by atoms with Crippen LogP contribution in [-0.2, 0) is 6.42 Å². The highest BCUT2D eigenvalue weighted by Gasteiger charge is 2.14. The van der Waals surface area contributed by atoms with Gasteiger partial charge in [-0.3, -0.25) is 0 Å². The van der Waals surface area contributed by atoms with Gasteiger partial charge in [0.15, 0.2) is 0 Å². The van der Waals surface area contributed by atoms with Crippen molar-refractivity contribution in [3.63, 3.8) is 0 Å². The molecular weight excluding hydrogens is 248 g/mol. The molecule has 0 bridgehead atoms. The van der Waals surface area contributed by atoms with Crippen molar-refractivity contribution < 1.29 is 9.52 Å². The minimum absolute atomic E-state index is 0.570. The molecule has 0 aliphatic carbocycles. The molecule has 0 aliphatic rings. The van der Waals surface area contributed by atoms with Gasteiger partial charge in [-0.25, -0.2) is 0 Å². The van der Waals surface area contributed by atoms with Gasteiger partial charge in [0.05, 0.1) is 0 Å². The molecule has 2 aromatic carbocycles. The summed E-state index contributed by atoms with van der Waals surface area (Å²) >= 11 is 0. The van der Waals surface area contributed by atoms with Gasteiger partial charge in [-0.1, -0.05) is 36.4 Å². The van der Waals surface area contributed by atoms with Crippen LogP contribution in [0.3, 0.4) is 0 Å². The molecule has 0 radical (unpaired) electrons. The van der Waals surface area contributed by atoms with E-state index in [4.69, 9.17) is 4.42 Å². The Morgan fingerprint density at radius 2 is 1.80 bits per heavy atom. The third-order valence-corrected chi connectivity index (χ3v) is 3.77. The van der Waals surface area contributed by atoms with Crippen molar-refractivity contribution in [1.82, 2.24) is 0 Å². The molecule has 1 heterocycles. The van der Waals surface area contributed by atoms with Gasteiger partial charge in [0.1, 0.15) is 17.4 Å². The maximum Gasteiger partial charge on any atom is 0.134 e. The lowest BCUT2D eigenvalue weighted by Gasteiger charge is -2.09. The number of furan rings is 1. The molecular formula is C18H18O2. The fourth-order valence-corrected chi connectivity index (χ4v) is 2.42. The van der Waals surface area contributed by atoms with Gasteiger partial charge < -0.3 is 9.52 Å². The highest BCUT2D eigenvalue weighted by molar-refractivity contribution is 5.77. The second kappa shape index (κ2) is 5.14. The van der Waals surface area contributed by atoms with Crippen molar-refractivity contribution in [3.8, 4) is 0 Å². The molecule has 0 aliphatic heterocycles. The zero-order chi connectivity index (χ0) is 14.1. The third-order valence-electron chi connectivity index (χ3n) is 3.77. The first-order chi connectivity index (χ1) is 9.63. The lowest BCUT2D eigenvalue weighted by Crippen LogP contribution is -2.01. The van der Waals surface area contributed by atoms with Crippen molar-refractivity contribution in [1.29, 1.82) is 0 Å². The number of aliphatic hydroxyl groups is 1. The normalized spacial score (nSPS) is 12.8. The molecule has 0 spiro atoms. The average molecular weight is 266 g/mol. The molecule has 0 amide bonds. The molecule has 0 fully saturated rings. The minimum atomic E-state index is -0.607. The summed E-state index contributed by atoms with van der Waals surface area (Å²) < 4.78 is 5.71. The number of benzene rings is 2. The van der Waals surface area contributed by atoms with Crippen molar-refractivity contribution in [3.05, 3.63) is 71.0 Å². The molecule has 0 saturated heterocycles. The molecule has 20 heavy (non-hydrogen) atoms. The Morgan fingerprint density at radius 3 is 2.55 bits per heavy atom. The number of rotatable bonds is 3. The smallest absolute Gasteiger partial charge is 0.134 e. The monoisotopic (exact) mass is 266 g/mol. The predicted molar refractivity (Wildman–Crippen MR) is 80.8 cm³/mol. The standard InChI is InChI=1S/C18H18O2/c1-12-7-8-14(9-13(12)2)10-16(19)18-11-15-5-3-4-6-17(15)20-18/h3-9,11,16,19H,10H2,1-2H3. The van der Waals surface area contributed by atoms with E-state index < -0.39 is 6.10 Å². The zero-order valence-electron chi connectivity index (χ0n) is 11.8. The Bertz CT molecular complexity index is 707. The van der Waals surface area contributed by atoms with Gasteiger partial charge >= 0.3 is 0 Å². The molecule has 1 atom stereocenters. The number of para-hydroxylation sites is 1. The average Bonchev–Trinajstić information content (AvgIpc) is 2.87. The molecule has 1 unspecified atom stereocenters. The Balaban J connectivity index is 1.84. The van der Waals surface area contributed by atoms with E-state index in [9.17, 15) is 5.11 Å². The van der Waals surface area contributed by atoms with Gasteiger partial charge in [0.25, 0.3) is 0 Å². The molecule has 1 N–H and O–H groups in total. The van der Waals surface area contributed by atoms with Crippen LogP contribution >= 0.6 is 0 Å². The van der Waals surface area contributed by atoms with E-state index in [2.05, 4.69) is 32.0 Å². The van der Waals surface area contributed by atoms with Crippen molar-refractivity contribution in [2.75, 3.05) is 0 Å². The van der Waals surface area contributed by atoms with Gasteiger partial charge in [-0.15, -0.1) is 0 Å². The number of aliphatic hydroxyl groups excluding tert-OH is 1. The summed E-state index contributed by atoms with van der Waals surface area (Å²) in [6.07, 6.45) is -0.0366. The Labute approximate surface area is 118 Å². The van der Waals surface area contributed by atoms with Crippen LogP contribution < -0.4 is 0 Å². The summed E-state index contributed by atoms with van der Waals surface area (Å²) in [4.78, 5) is 0. The molecule has 2 nitrogen and oxygen atoms in total. The van der Waals surface area contributed by atoms with E-state index in [0.29, 0.717) is 12.2 Å². The van der Waals surface area contributed by atoms with Gasteiger partial charge in [-0.05, 0) is 42.7 Å². The number of hydrogen-bond donors (Lipinski definition) is 1. The SMILES string of the molecule is Cc1ccc(CC(O)c2cc3ccccc3o2)cc1C. The number of fused-ring (bicyclic) bond motifs is 1. The van der Waals surface area contributed by atoms with E-state index in [0.717, 1.165) is 16.5 Å². The van der Waals surface area contributed by atoms with Gasteiger partial charge in [0, 0.05) is 11.8 Å². The first-order valence-corrected chi connectivity index (χ1v) is 6.86. The van der Waals surface area contributed by atoms with Gasteiger partial charge in [0.2, 0.25) is 0 Å². The van der Waals surface area contributed by atoms with E-state index in [-0.39, 0.29) is 0 Å². The van der Waals surface area contributed by atoms with Crippen LogP contribution in [-0.4, -0.2) is 5.11 Å². The van der Waals surface area contributed by atoms with Crippen LogP contribution in [0.15, 0.2) is 52.9 Å². The summed E-state index contributed by atoms with van der Waals surface area (Å²) in [5, 5.41) is 11.4. The maximum atomic E-state index is 10.3. The molecule has 3 aromatic rings. The molecule has 2 heteroatoms. The summed E-state index contributed by atoms with van der Waals surface area (Å²) in [6, 6.07) is 16.0. The molecule has 1 aromatic heterocycles. The highest BCUT2D eigenvalue weighted by atomic mass is 16.4. The van der Waals surface area contributed by atoms with E-state index in [1.807, 2.05) is 30.3 Å². The summed E-state index contributed by atoms with van der Waals surface area (Å²) in [6.45, 7) is 4.18. The lowest BCUT2D eigenvalue weighted by atomic mass is 10.0. The third kappa shape index (κ3) is 2.47. The van der Waals surface area contributed by atoms with Crippen LogP contribution in [0, 0.1) is 13.8 Å². The first kappa shape index (κ1) is 12.9. The van der Waals surface area contributed by atoms with Crippen LogP contribution in [0.5, 0.6) is 0 Å². The highest BCUT2D eigenvalue weighted by Crippen LogP contribution is 2.26. The number of hydrogen-bond acceptors (Lipinski definition) is 2. The predicted octanol–water partition coefficient (Wildman–Crippen LogP) is 4.33. The molecule has 0 saturated carbocycles. The topological polar surface area (TPSA) is 33.4 Å². The van der Waals surface area contributed by atoms with E-state index in [1.54, 1.807) is 0 Å². The fraction of sp³-hybridized carbons (Fsp3) is 0.222. The van der Waals surface area contributed by atoms with Crippen molar-refractivity contribution >= 4 is 11.0 Å². The maximum absolute atomic E-state index is 10.3. The summed E-state index contributed by atoms with van der Waals surface area (Å²) in [5.74, 6) is 0.629. The lowest BCUT2D eigenvalue weighted by molar-refractivity contribution is 0.152. The zero-order valence-corrected chi connectivity index (χ0v) is 11.8. The van der Waals surface area contributed by atoms with Crippen LogP contribution in [0.4, 0.5) is 0 Å². The van der Waals surface area contributed by atoms with Crippen molar-refractivity contribution in [2.24, 2.45) is 0 Å². The Hall–Kier alpha value is -2.06. The van der Waals surface area contributed by atoms with Gasteiger partial charge in [-0.2, -0.15) is 0 Å². The fourth-order valence-electron chi connectivity index (χ4n) is 2.42. The van der Waals surface area contributed by atoms with Crippen molar-refractivity contribution in [2.45, 2.75) is 26.4 Å². The Morgan fingerprint density at radius 1 is 1.00 bits per heavy atom. The molecule has 3 rings (SSSR count). The minimum Gasteiger partial charge on any atom is -0.458 e. The summed E-state index contributed by atoms with van der Waals surface area (Å²) in [5.41, 5.74) is 4.47. The van der Waals surface area contributed by atoms with Crippen LogP contribution in [0.25, 0.3) is 11.0 Å². The Kier molecular flexibility index (Phi) is 3.33. The van der Waals surface area contributed by atoms with E-state index >= 15 is 0 Å². The second-order valence-electron chi connectivity index (χ2n) is 5.33. The second-order valence-corrected chi connectivity index (χ2v) is 5.33. The quantitative estimate of drug-likeness (QED) is 0.765. The van der Waals surface area contributed by atoms with E-state index in [1.165, 1.54) is 11.1 Å². The largest absolute Gasteiger partial charge is 0.458 e.